The number of hydrogen-bond donors (Lipinski definition) is 1. The molecule has 0 spiro atoms. The first-order chi connectivity index (χ1) is 10.3. The third-order valence-electron chi connectivity index (χ3n) is 3.30. The van der Waals surface area contributed by atoms with Gasteiger partial charge in [-0.1, -0.05) is 33.8 Å². The Hall–Kier alpha value is -1.54. The summed E-state index contributed by atoms with van der Waals surface area (Å²) >= 11 is 0. The number of carbonyl (C=O) groups excluding carboxylic acids is 1. The van der Waals surface area contributed by atoms with E-state index in [2.05, 4.69) is 4.74 Å². The molecule has 1 aromatic rings. The van der Waals surface area contributed by atoms with Crippen molar-refractivity contribution in [3.8, 4) is 0 Å². The maximum atomic E-state index is 13.1. The fraction of sp³-hybridized carbons (Fsp3) is 0.533. The van der Waals surface area contributed by atoms with Crippen molar-refractivity contribution in [1.29, 1.82) is 0 Å². The molecule has 0 aliphatic heterocycles. The average molecular weight is 350 g/mol. The number of halogens is 2. The molecular weight excluding hydrogens is 330 g/mol. The van der Waals surface area contributed by atoms with Gasteiger partial charge in [-0.2, -0.15) is 17.2 Å². The first kappa shape index (κ1) is 19.5. The van der Waals surface area contributed by atoms with Crippen molar-refractivity contribution in [1.82, 2.24) is 0 Å². The second kappa shape index (κ2) is 6.92. The standard InChI is InChI=1S/C15H20F2O5S/c1-9(2)11-5-12(10(3)4)7-13(6-11)14(18)22-8-15(16,17)23(19,20)21/h5-7,9-10H,8H2,1-4H3,(H,19,20,21). The van der Waals surface area contributed by atoms with Gasteiger partial charge < -0.3 is 4.74 Å². The minimum atomic E-state index is -5.63. The average Bonchev–Trinajstić information content (AvgIpc) is 2.42. The summed E-state index contributed by atoms with van der Waals surface area (Å²) in [5.74, 6) is -0.850. The van der Waals surface area contributed by atoms with Crippen LogP contribution >= 0.6 is 0 Å². The molecular formula is C15H20F2O5S. The first-order valence-electron chi connectivity index (χ1n) is 7.02. The molecule has 23 heavy (non-hydrogen) atoms. The maximum absolute atomic E-state index is 13.1. The minimum absolute atomic E-state index is 0.0611. The number of benzene rings is 1. The third-order valence-corrected chi connectivity index (χ3v) is 4.17. The van der Waals surface area contributed by atoms with Crippen LogP contribution in [0.3, 0.4) is 0 Å². The van der Waals surface area contributed by atoms with Crippen LogP contribution in [0.2, 0.25) is 0 Å². The van der Waals surface area contributed by atoms with E-state index in [1.165, 1.54) is 12.1 Å². The predicted octanol–water partition coefficient (Wildman–Crippen LogP) is 3.57. The Bertz CT molecular complexity index is 655. The van der Waals surface area contributed by atoms with Crippen molar-refractivity contribution in [2.75, 3.05) is 6.61 Å². The number of carbonyl (C=O) groups is 1. The van der Waals surface area contributed by atoms with Crippen molar-refractivity contribution in [3.05, 3.63) is 34.9 Å². The lowest BCUT2D eigenvalue weighted by atomic mass is 9.93. The van der Waals surface area contributed by atoms with E-state index >= 15 is 0 Å². The van der Waals surface area contributed by atoms with E-state index in [0.29, 0.717) is 0 Å². The third kappa shape index (κ3) is 4.97. The van der Waals surface area contributed by atoms with Crippen LogP contribution in [-0.4, -0.2) is 30.8 Å². The second-order valence-electron chi connectivity index (χ2n) is 5.89. The SMILES string of the molecule is CC(C)c1cc(C(=O)OCC(F)(F)S(=O)(=O)O)cc(C(C)C)c1. The number of esters is 1. The zero-order valence-corrected chi connectivity index (χ0v) is 14.2. The highest BCUT2D eigenvalue weighted by Gasteiger charge is 2.45. The molecule has 0 saturated heterocycles. The zero-order valence-electron chi connectivity index (χ0n) is 13.3. The van der Waals surface area contributed by atoms with Crippen LogP contribution in [0.15, 0.2) is 18.2 Å². The van der Waals surface area contributed by atoms with Gasteiger partial charge in [-0.15, -0.1) is 0 Å². The molecule has 0 atom stereocenters. The Balaban J connectivity index is 3.04. The van der Waals surface area contributed by atoms with Gasteiger partial charge >= 0.3 is 21.3 Å². The molecule has 1 rings (SSSR count). The van der Waals surface area contributed by atoms with Crippen LogP contribution in [0.1, 0.15) is 61.0 Å². The normalized spacial score (nSPS) is 12.7. The highest BCUT2D eigenvalue weighted by molar-refractivity contribution is 7.86. The van der Waals surface area contributed by atoms with E-state index in [1.54, 1.807) is 0 Å². The van der Waals surface area contributed by atoms with Crippen LogP contribution in [0.5, 0.6) is 0 Å². The zero-order chi connectivity index (χ0) is 18.0. The monoisotopic (exact) mass is 350 g/mol. The van der Waals surface area contributed by atoms with E-state index in [4.69, 9.17) is 4.55 Å². The largest absolute Gasteiger partial charge is 0.454 e. The molecule has 0 saturated carbocycles. The van der Waals surface area contributed by atoms with Gasteiger partial charge in [0.1, 0.15) is 0 Å². The summed E-state index contributed by atoms with van der Waals surface area (Å²) in [6.07, 6.45) is 0. The Labute approximate surface area is 134 Å². The van der Waals surface area contributed by atoms with Crippen LogP contribution in [0, 0.1) is 0 Å². The fourth-order valence-corrected chi connectivity index (χ4v) is 1.98. The lowest BCUT2D eigenvalue weighted by molar-refractivity contribution is -0.00951. The van der Waals surface area contributed by atoms with E-state index in [1.807, 2.05) is 33.8 Å². The van der Waals surface area contributed by atoms with Gasteiger partial charge in [0.2, 0.25) is 0 Å². The van der Waals surface area contributed by atoms with E-state index in [9.17, 15) is 22.0 Å². The molecule has 0 fully saturated rings. The van der Waals surface area contributed by atoms with Crippen LogP contribution < -0.4 is 0 Å². The molecule has 0 bridgehead atoms. The second-order valence-corrected chi connectivity index (χ2v) is 7.43. The van der Waals surface area contributed by atoms with Crippen molar-refractivity contribution < 1.29 is 31.3 Å². The smallest absolute Gasteiger partial charge is 0.402 e. The number of alkyl halides is 2. The number of ether oxygens (including phenoxy) is 1. The molecule has 5 nitrogen and oxygen atoms in total. The molecule has 1 N–H and O–H groups in total. The highest BCUT2D eigenvalue weighted by atomic mass is 32.2. The number of rotatable bonds is 6. The van der Waals surface area contributed by atoms with Crippen LogP contribution in [-0.2, 0) is 14.9 Å². The summed E-state index contributed by atoms with van der Waals surface area (Å²) in [5, 5.41) is -4.54. The molecule has 0 aromatic heterocycles. The Morgan fingerprint density at radius 1 is 1.13 bits per heavy atom. The molecule has 0 heterocycles. The Morgan fingerprint density at radius 2 is 1.57 bits per heavy atom. The van der Waals surface area contributed by atoms with Crippen LogP contribution in [0.4, 0.5) is 8.78 Å². The fourth-order valence-electron chi connectivity index (χ4n) is 1.77. The van der Waals surface area contributed by atoms with Crippen LogP contribution in [0.25, 0.3) is 0 Å². The lowest BCUT2D eigenvalue weighted by Gasteiger charge is -2.16. The van der Waals surface area contributed by atoms with E-state index < -0.39 is 27.9 Å². The summed E-state index contributed by atoms with van der Waals surface area (Å²) in [4.78, 5) is 11.9. The van der Waals surface area contributed by atoms with Gasteiger partial charge in [0, 0.05) is 0 Å². The summed E-state index contributed by atoms with van der Waals surface area (Å²) in [6.45, 7) is 5.93. The van der Waals surface area contributed by atoms with Crippen molar-refractivity contribution in [3.63, 3.8) is 0 Å². The van der Waals surface area contributed by atoms with Crippen molar-refractivity contribution >= 4 is 16.1 Å². The van der Waals surface area contributed by atoms with Crippen molar-refractivity contribution in [2.24, 2.45) is 0 Å². The Morgan fingerprint density at radius 3 is 1.91 bits per heavy atom. The molecule has 0 unspecified atom stereocenters. The molecule has 0 amide bonds. The van der Waals surface area contributed by atoms with Gasteiger partial charge in [0.25, 0.3) is 0 Å². The molecule has 8 heteroatoms. The quantitative estimate of drug-likeness (QED) is 0.626. The number of hydrogen-bond acceptors (Lipinski definition) is 4. The van der Waals surface area contributed by atoms with Gasteiger partial charge in [0.15, 0.2) is 6.61 Å². The molecule has 0 radical (unpaired) electrons. The molecule has 0 aliphatic carbocycles. The summed E-state index contributed by atoms with van der Waals surface area (Å²) in [7, 11) is -5.63. The van der Waals surface area contributed by atoms with Crippen molar-refractivity contribution in [2.45, 2.75) is 44.8 Å². The molecule has 130 valence electrons. The van der Waals surface area contributed by atoms with E-state index in [0.717, 1.165) is 11.1 Å². The van der Waals surface area contributed by atoms with Gasteiger partial charge in [-0.3, -0.25) is 4.55 Å². The lowest BCUT2D eigenvalue weighted by Crippen LogP contribution is -2.34. The summed E-state index contributed by atoms with van der Waals surface area (Å²) < 4.78 is 60.0. The van der Waals surface area contributed by atoms with Gasteiger partial charge in [-0.05, 0) is 35.1 Å². The molecule has 0 aliphatic rings. The van der Waals surface area contributed by atoms with Gasteiger partial charge in [-0.25, -0.2) is 4.79 Å². The summed E-state index contributed by atoms with van der Waals surface area (Å²) in [5.41, 5.74) is 1.74. The van der Waals surface area contributed by atoms with E-state index in [-0.39, 0.29) is 17.4 Å². The molecule has 1 aromatic carbocycles. The Kier molecular flexibility index (Phi) is 5.87. The maximum Gasteiger partial charge on any atom is 0.402 e. The van der Waals surface area contributed by atoms with Gasteiger partial charge in [0.05, 0.1) is 5.56 Å². The minimum Gasteiger partial charge on any atom is -0.454 e. The topological polar surface area (TPSA) is 80.7 Å². The highest BCUT2D eigenvalue weighted by Crippen LogP contribution is 2.25. The predicted molar refractivity (Wildman–Crippen MR) is 81.4 cm³/mol. The summed E-state index contributed by atoms with van der Waals surface area (Å²) in [6, 6.07) is 4.95. The first-order valence-corrected chi connectivity index (χ1v) is 8.46.